The van der Waals surface area contributed by atoms with Crippen molar-refractivity contribution in [3.63, 3.8) is 0 Å². The SMILES string of the molecule is NCC(Nc1ccc(Cl)cc1)c1nc(-c2ccncc2)n[nH]1. The first kappa shape index (κ1) is 14.5. The molecule has 0 bridgehead atoms. The van der Waals surface area contributed by atoms with Crippen LogP contribution < -0.4 is 11.1 Å². The largest absolute Gasteiger partial charge is 0.374 e. The van der Waals surface area contributed by atoms with Crippen LogP contribution in [0.3, 0.4) is 0 Å². The van der Waals surface area contributed by atoms with Crippen LogP contribution in [-0.2, 0) is 0 Å². The number of nitrogens with two attached hydrogens (primary N) is 1. The van der Waals surface area contributed by atoms with Gasteiger partial charge in [-0.3, -0.25) is 10.1 Å². The summed E-state index contributed by atoms with van der Waals surface area (Å²) in [7, 11) is 0. The van der Waals surface area contributed by atoms with Crippen LogP contribution in [0.1, 0.15) is 11.9 Å². The van der Waals surface area contributed by atoms with Gasteiger partial charge in [0.15, 0.2) is 5.82 Å². The van der Waals surface area contributed by atoms with Crippen molar-refractivity contribution in [3.8, 4) is 11.4 Å². The quantitative estimate of drug-likeness (QED) is 0.673. The van der Waals surface area contributed by atoms with Crippen molar-refractivity contribution in [3.05, 3.63) is 59.6 Å². The van der Waals surface area contributed by atoms with Gasteiger partial charge in [0.1, 0.15) is 5.82 Å². The summed E-state index contributed by atoms with van der Waals surface area (Å²) in [5.74, 6) is 1.30. The zero-order valence-corrected chi connectivity index (χ0v) is 12.5. The standard InChI is InChI=1S/C15H15ClN6/c16-11-1-3-12(4-2-11)19-13(9-17)15-20-14(21-22-15)10-5-7-18-8-6-10/h1-8,13,19H,9,17H2,(H,20,21,22). The number of anilines is 1. The number of benzene rings is 1. The Balaban J connectivity index is 1.79. The van der Waals surface area contributed by atoms with E-state index >= 15 is 0 Å². The molecule has 0 aliphatic carbocycles. The lowest BCUT2D eigenvalue weighted by Crippen LogP contribution is -2.21. The third-order valence-corrected chi connectivity index (χ3v) is 3.44. The number of hydrogen-bond donors (Lipinski definition) is 3. The Bertz CT molecular complexity index is 725. The molecule has 0 aliphatic heterocycles. The fraction of sp³-hybridized carbons (Fsp3) is 0.133. The summed E-state index contributed by atoms with van der Waals surface area (Å²) in [6, 6.07) is 11.0. The molecule has 2 aromatic heterocycles. The highest BCUT2D eigenvalue weighted by molar-refractivity contribution is 6.30. The molecule has 22 heavy (non-hydrogen) atoms. The third kappa shape index (κ3) is 3.24. The van der Waals surface area contributed by atoms with E-state index in [0.29, 0.717) is 23.2 Å². The van der Waals surface area contributed by atoms with Gasteiger partial charge < -0.3 is 11.1 Å². The molecule has 1 atom stereocenters. The summed E-state index contributed by atoms with van der Waals surface area (Å²) in [6.07, 6.45) is 3.41. The molecule has 0 radical (unpaired) electrons. The monoisotopic (exact) mass is 314 g/mol. The molecule has 0 saturated carbocycles. The Kier molecular flexibility index (Phi) is 4.32. The average Bonchev–Trinajstić information content (AvgIpc) is 3.05. The Hall–Kier alpha value is -2.44. The Morgan fingerprint density at radius 3 is 2.55 bits per heavy atom. The molecular formula is C15H15ClN6. The second kappa shape index (κ2) is 6.55. The van der Waals surface area contributed by atoms with E-state index in [1.54, 1.807) is 12.4 Å². The predicted octanol–water partition coefficient (Wildman–Crippen LogP) is 2.63. The minimum atomic E-state index is -0.163. The highest BCUT2D eigenvalue weighted by atomic mass is 35.5. The maximum absolute atomic E-state index is 5.88. The molecule has 3 rings (SSSR count). The van der Waals surface area contributed by atoms with Gasteiger partial charge in [-0.15, -0.1) is 0 Å². The smallest absolute Gasteiger partial charge is 0.181 e. The summed E-state index contributed by atoms with van der Waals surface area (Å²) < 4.78 is 0. The number of halogens is 1. The lowest BCUT2D eigenvalue weighted by Gasteiger charge is -2.15. The normalized spacial score (nSPS) is 12.1. The molecule has 0 amide bonds. The van der Waals surface area contributed by atoms with Crippen LogP contribution in [0.5, 0.6) is 0 Å². The van der Waals surface area contributed by atoms with Gasteiger partial charge >= 0.3 is 0 Å². The van der Waals surface area contributed by atoms with Crippen LogP contribution in [0.25, 0.3) is 11.4 Å². The van der Waals surface area contributed by atoms with Gasteiger partial charge in [-0.2, -0.15) is 5.10 Å². The molecule has 0 spiro atoms. The van der Waals surface area contributed by atoms with Crippen LogP contribution in [0, 0.1) is 0 Å². The Morgan fingerprint density at radius 2 is 1.86 bits per heavy atom. The van der Waals surface area contributed by atoms with Crippen LogP contribution in [0.2, 0.25) is 5.02 Å². The molecule has 6 nitrogen and oxygen atoms in total. The van der Waals surface area contributed by atoms with E-state index in [-0.39, 0.29) is 6.04 Å². The van der Waals surface area contributed by atoms with Crippen molar-refractivity contribution in [1.29, 1.82) is 0 Å². The van der Waals surface area contributed by atoms with E-state index in [9.17, 15) is 0 Å². The van der Waals surface area contributed by atoms with Crippen molar-refractivity contribution < 1.29 is 0 Å². The van der Waals surface area contributed by atoms with Gasteiger partial charge in [-0.1, -0.05) is 11.6 Å². The average molecular weight is 315 g/mol. The number of nitrogens with one attached hydrogen (secondary N) is 2. The fourth-order valence-corrected chi connectivity index (χ4v) is 2.17. The maximum Gasteiger partial charge on any atom is 0.181 e. The van der Waals surface area contributed by atoms with E-state index in [4.69, 9.17) is 17.3 Å². The van der Waals surface area contributed by atoms with E-state index in [0.717, 1.165) is 11.3 Å². The summed E-state index contributed by atoms with van der Waals surface area (Å²) in [5, 5.41) is 11.2. The van der Waals surface area contributed by atoms with Gasteiger partial charge in [0.2, 0.25) is 0 Å². The van der Waals surface area contributed by atoms with Crippen LogP contribution in [0.15, 0.2) is 48.8 Å². The summed E-state index contributed by atoms with van der Waals surface area (Å²) in [5.41, 5.74) is 7.66. The molecule has 1 aromatic carbocycles. The van der Waals surface area contributed by atoms with Crippen molar-refractivity contribution in [2.24, 2.45) is 5.73 Å². The van der Waals surface area contributed by atoms with Crippen LogP contribution in [-0.4, -0.2) is 26.7 Å². The molecule has 0 aliphatic rings. The summed E-state index contributed by atoms with van der Waals surface area (Å²) in [4.78, 5) is 8.49. The molecule has 3 aromatic rings. The molecule has 1 unspecified atom stereocenters. The minimum Gasteiger partial charge on any atom is -0.374 e. The highest BCUT2D eigenvalue weighted by Crippen LogP contribution is 2.20. The molecule has 2 heterocycles. The third-order valence-electron chi connectivity index (χ3n) is 3.19. The second-order valence-electron chi connectivity index (χ2n) is 4.72. The second-order valence-corrected chi connectivity index (χ2v) is 5.16. The lowest BCUT2D eigenvalue weighted by molar-refractivity contribution is 0.730. The number of hydrogen-bond acceptors (Lipinski definition) is 5. The van der Waals surface area contributed by atoms with Gasteiger partial charge in [0.05, 0.1) is 6.04 Å². The topological polar surface area (TPSA) is 92.5 Å². The maximum atomic E-state index is 5.88. The molecule has 0 fully saturated rings. The highest BCUT2D eigenvalue weighted by Gasteiger charge is 2.15. The van der Waals surface area contributed by atoms with Gasteiger partial charge in [0.25, 0.3) is 0 Å². The fourth-order valence-electron chi connectivity index (χ4n) is 2.05. The van der Waals surface area contributed by atoms with E-state index in [1.807, 2.05) is 36.4 Å². The number of pyridine rings is 1. The first-order chi connectivity index (χ1) is 10.8. The van der Waals surface area contributed by atoms with Crippen LogP contribution >= 0.6 is 11.6 Å². The number of aromatic nitrogens is 4. The number of H-pyrrole nitrogens is 1. The summed E-state index contributed by atoms with van der Waals surface area (Å²) in [6.45, 7) is 0.383. The van der Waals surface area contributed by atoms with Crippen molar-refractivity contribution >= 4 is 17.3 Å². The van der Waals surface area contributed by atoms with Gasteiger partial charge in [-0.25, -0.2) is 4.98 Å². The molecule has 112 valence electrons. The van der Waals surface area contributed by atoms with Crippen molar-refractivity contribution in [1.82, 2.24) is 20.2 Å². The zero-order chi connectivity index (χ0) is 15.4. The molecule has 4 N–H and O–H groups in total. The van der Waals surface area contributed by atoms with E-state index in [2.05, 4.69) is 25.5 Å². The zero-order valence-electron chi connectivity index (χ0n) is 11.7. The minimum absolute atomic E-state index is 0.163. The lowest BCUT2D eigenvalue weighted by atomic mass is 10.2. The Labute approximate surface area is 132 Å². The number of rotatable bonds is 5. The summed E-state index contributed by atoms with van der Waals surface area (Å²) >= 11 is 5.88. The first-order valence-electron chi connectivity index (χ1n) is 6.81. The molecular weight excluding hydrogens is 300 g/mol. The van der Waals surface area contributed by atoms with Crippen molar-refractivity contribution in [2.45, 2.75) is 6.04 Å². The van der Waals surface area contributed by atoms with Crippen molar-refractivity contribution in [2.75, 3.05) is 11.9 Å². The first-order valence-corrected chi connectivity index (χ1v) is 7.19. The van der Waals surface area contributed by atoms with Gasteiger partial charge in [-0.05, 0) is 36.4 Å². The number of aromatic amines is 1. The Morgan fingerprint density at radius 1 is 1.14 bits per heavy atom. The molecule has 0 saturated heterocycles. The van der Waals surface area contributed by atoms with Crippen LogP contribution in [0.4, 0.5) is 5.69 Å². The predicted molar refractivity (Wildman–Crippen MR) is 86.5 cm³/mol. The van der Waals surface area contributed by atoms with E-state index in [1.165, 1.54) is 0 Å². The van der Waals surface area contributed by atoms with Gasteiger partial charge in [0, 0.05) is 35.2 Å². The van der Waals surface area contributed by atoms with E-state index < -0.39 is 0 Å². The molecule has 7 heteroatoms. The number of nitrogens with zero attached hydrogens (tertiary/aromatic N) is 3.